The summed E-state index contributed by atoms with van der Waals surface area (Å²) in [4.78, 5) is 21.1. The first-order valence-corrected chi connectivity index (χ1v) is 8.08. The molecule has 0 bridgehead atoms. The van der Waals surface area contributed by atoms with Gasteiger partial charge in [-0.25, -0.2) is 8.42 Å². The molecule has 0 saturated heterocycles. The van der Waals surface area contributed by atoms with E-state index in [1.807, 2.05) is 0 Å². The zero-order valence-electron chi connectivity index (χ0n) is 12.7. The van der Waals surface area contributed by atoms with Gasteiger partial charge < -0.3 is 4.90 Å². The Morgan fingerprint density at radius 1 is 0.917 bits per heavy atom. The molecule has 0 aliphatic heterocycles. The van der Waals surface area contributed by atoms with E-state index in [4.69, 9.17) is 0 Å². The molecule has 0 spiro atoms. The van der Waals surface area contributed by atoms with Gasteiger partial charge in [0.25, 0.3) is 11.4 Å². The van der Waals surface area contributed by atoms with Crippen LogP contribution in [0, 0.1) is 20.2 Å². The van der Waals surface area contributed by atoms with E-state index < -0.39 is 36.0 Å². The topological polar surface area (TPSA) is 124 Å². The Bertz CT molecular complexity index is 907. The predicted molar refractivity (Wildman–Crippen MR) is 86.0 cm³/mol. The standard InChI is InChI=1S/C14H13N3O6S/c1-15(2)10-3-6-12(7-4-10)24(22,23)14-8-5-11(16(18)19)9-13(14)17(20)21/h3-9H,1-2H3. The molecule has 126 valence electrons. The van der Waals surface area contributed by atoms with E-state index in [0.29, 0.717) is 6.07 Å². The average Bonchev–Trinajstić information content (AvgIpc) is 2.54. The number of nitro groups is 2. The fourth-order valence-corrected chi connectivity index (χ4v) is 3.44. The van der Waals surface area contributed by atoms with Crippen molar-refractivity contribution < 1.29 is 18.3 Å². The van der Waals surface area contributed by atoms with Crippen molar-refractivity contribution in [2.45, 2.75) is 9.79 Å². The quantitative estimate of drug-likeness (QED) is 0.598. The molecule has 0 heterocycles. The molecule has 2 rings (SSSR count). The van der Waals surface area contributed by atoms with Crippen LogP contribution in [0.4, 0.5) is 17.1 Å². The van der Waals surface area contributed by atoms with Crippen LogP contribution in [0.15, 0.2) is 52.3 Å². The van der Waals surface area contributed by atoms with Gasteiger partial charge in [0.2, 0.25) is 9.84 Å². The number of nitrogens with zero attached hydrogens (tertiary/aromatic N) is 3. The maximum atomic E-state index is 12.6. The van der Waals surface area contributed by atoms with Crippen LogP contribution in [0.3, 0.4) is 0 Å². The van der Waals surface area contributed by atoms with Crippen molar-refractivity contribution in [3.63, 3.8) is 0 Å². The first-order valence-electron chi connectivity index (χ1n) is 6.60. The SMILES string of the molecule is CN(C)c1ccc(S(=O)(=O)c2ccc([N+](=O)[O-])cc2[N+](=O)[O-])cc1. The molecule has 0 aliphatic carbocycles. The van der Waals surface area contributed by atoms with Gasteiger partial charge in [0.15, 0.2) is 0 Å². The Morgan fingerprint density at radius 3 is 1.96 bits per heavy atom. The normalized spacial score (nSPS) is 11.1. The third-order valence-corrected chi connectivity index (χ3v) is 5.12. The Labute approximate surface area is 137 Å². The molecule has 0 aromatic heterocycles. The van der Waals surface area contributed by atoms with E-state index in [9.17, 15) is 28.6 Å². The number of benzene rings is 2. The fourth-order valence-electron chi connectivity index (χ4n) is 2.04. The van der Waals surface area contributed by atoms with Crippen LogP contribution < -0.4 is 4.90 Å². The highest BCUT2D eigenvalue weighted by molar-refractivity contribution is 7.91. The minimum Gasteiger partial charge on any atom is -0.378 e. The number of hydrogen-bond donors (Lipinski definition) is 0. The second-order valence-corrected chi connectivity index (χ2v) is 6.98. The fraction of sp³-hybridized carbons (Fsp3) is 0.143. The number of non-ortho nitro benzene ring substituents is 1. The lowest BCUT2D eigenvalue weighted by molar-refractivity contribution is -0.396. The van der Waals surface area contributed by atoms with Gasteiger partial charge in [-0.05, 0) is 30.3 Å². The number of rotatable bonds is 5. The van der Waals surface area contributed by atoms with Crippen molar-refractivity contribution in [3.8, 4) is 0 Å². The van der Waals surface area contributed by atoms with Crippen molar-refractivity contribution in [2.75, 3.05) is 19.0 Å². The smallest absolute Gasteiger partial charge is 0.295 e. The van der Waals surface area contributed by atoms with Gasteiger partial charge in [0.05, 0.1) is 20.8 Å². The van der Waals surface area contributed by atoms with Crippen molar-refractivity contribution >= 4 is 26.9 Å². The third-order valence-electron chi connectivity index (χ3n) is 3.30. The molecule has 0 atom stereocenters. The van der Waals surface area contributed by atoms with Crippen LogP contribution in [0.1, 0.15) is 0 Å². The molecule has 0 aliphatic rings. The highest BCUT2D eigenvalue weighted by atomic mass is 32.2. The molecular formula is C14H13N3O6S. The van der Waals surface area contributed by atoms with Crippen molar-refractivity contribution in [1.82, 2.24) is 0 Å². The average molecular weight is 351 g/mol. The van der Waals surface area contributed by atoms with Gasteiger partial charge in [0, 0.05) is 25.8 Å². The molecule has 9 nitrogen and oxygen atoms in total. The van der Waals surface area contributed by atoms with Gasteiger partial charge in [-0.2, -0.15) is 0 Å². The van der Waals surface area contributed by atoms with Gasteiger partial charge in [0.1, 0.15) is 4.90 Å². The molecular weight excluding hydrogens is 338 g/mol. The lowest BCUT2D eigenvalue weighted by atomic mass is 10.3. The monoisotopic (exact) mass is 351 g/mol. The maximum absolute atomic E-state index is 12.6. The van der Waals surface area contributed by atoms with Crippen molar-refractivity contribution in [2.24, 2.45) is 0 Å². The maximum Gasteiger partial charge on any atom is 0.295 e. The highest BCUT2D eigenvalue weighted by Gasteiger charge is 2.29. The highest BCUT2D eigenvalue weighted by Crippen LogP contribution is 2.32. The second kappa shape index (κ2) is 6.24. The number of nitro benzene ring substituents is 2. The number of sulfone groups is 1. The van der Waals surface area contributed by atoms with E-state index in [1.54, 1.807) is 31.1 Å². The van der Waals surface area contributed by atoms with Crippen LogP contribution >= 0.6 is 0 Å². The minimum atomic E-state index is -4.18. The molecule has 0 fully saturated rings. The lowest BCUT2D eigenvalue weighted by Crippen LogP contribution is -2.09. The summed E-state index contributed by atoms with van der Waals surface area (Å²) in [5.74, 6) is 0. The van der Waals surface area contributed by atoms with Crippen LogP contribution in [0.25, 0.3) is 0 Å². The summed E-state index contributed by atoms with van der Waals surface area (Å²) in [7, 11) is -0.618. The summed E-state index contributed by atoms with van der Waals surface area (Å²) >= 11 is 0. The van der Waals surface area contributed by atoms with Crippen molar-refractivity contribution in [3.05, 3.63) is 62.7 Å². The van der Waals surface area contributed by atoms with Crippen LogP contribution in [0.2, 0.25) is 0 Å². The molecule has 0 amide bonds. The summed E-state index contributed by atoms with van der Waals surface area (Å²) in [6, 6.07) is 8.22. The van der Waals surface area contributed by atoms with E-state index in [-0.39, 0.29) is 4.90 Å². The van der Waals surface area contributed by atoms with Crippen molar-refractivity contribution in [1.29, 1.82) is 0 Å². The second-order valence-electron chi connectivity index (χ2n) is 5.06. The Balaban J connectivity index is 2.60. The summed E-state index contributed by atoms with van der Waals surface area (Å²) in [6.45, 7) is 0. The Morgan fingerprint density at radius 2 is 1.50 bits per heavy atom. The van der Waals surface area contributed by atoms with Crippen LogP contribution in [0.5, 0.6) is 0 Å². The van der Waals surface area contributed by atoms with Crippen LogP contribution in [-0.4, -0.2) is 32.4 Å². The van der Waals surface area contributed by atoms with Gasteiger partial charge >= 0.3 is 0 Å². The van der Waals surface area contributed by atoms with E-state index in [2.05, 4.69) is 0 Å². The number of hydrogen-bond acceptors (Lipinski definition) is 7. The molecule has 0 radical (unpaired) electrons. The van der Waals surface area contributed by atoms with Gasteiger partial charge in [-0.3, -0.25) is 20.2 Å². The summed E-state index contributed by atoms with van der Waals surface area (Å²) in [6.07, 6.45) is 0. The summed E-state index contributed by atoms with van der Waals surface area (Å²) in [5, 5.41) is 21.9. The first-order chi connectivity index (χ1) is 11.1. The first kappa shape index (κ1) is 17.3. The largest absolute Gasteiger partial charge is 0.378 e. The molecule has 2 aromatic carbocycles. The number of anilines is 1. The zero-order valence-corrected chi connectivity index (χ0v) is 13.6. The molecule has 24 heavy (non-hydrogen) atoms. The molecule has 2 aromatic rings. The molecule has 0 N–H and O–H groups in total. The lowest BCUT2D eigenvalue weighted by Gasteiger charge is -2.12. The zero-order chi connectivity index (χ0) is 18.1. The summed E-state index contributed by atoms with van der Waals surface area (Å²) < 4.78 is 25.3. The van der Waals surface area contributed by atoms with Gasteiger partial charge in [-0.1, -0.05) is 0 Å². The van der Waals surface area contributed by atoms with E-state index in [0.717, 1.165) is 17.8 Å². The Kier molecular flexibility index (Phi) is 4.51. The molecule has 10 heteroatoms. The van der Waals surface area contributed by atoms with Gasteiger partial charge in [-0.15, -0.1) is 0 Å². The van der Waals surface area contributed by atoms with E-state index >= 15 is 0 Å². The van der Waals surface area contributed by atoms with Crippen LogP contribution in [-0.2, 0) is 9.84 Å². The van der Waals surface area contributed by atoms with E-state index in [1.165, 1.54) is 12.1 Å². The summed E-state index contributed by atoms with van der Waals surface area (Å²) in [5.41, 5.74) is -0.628. The molecule has 0 unspecified atom stereocenters. The predicted octanol–water partition coefficient (Wildman–Crippen LogP) is 2.40. The minimum absolute atomic E-state index is 0.134. The third kappa shape index (κ3) is 3.18. The Hall–Kier alpha value is -3.01. The molecule has 0 saturated carbocycles.